The number of sulfonamides is 1. The maximum Gasteiger partial charge on any atom is 0.248 e. The smallest absolute Gasteiger partial charge is 0.248 e. The van der Waals surface area contributed by atoms with Gasteiger partial charge in [-0.05, 0) is 13.5 Å². The van der Waals surface area contributed by atoms with Gasteiger partial charge in [0.2, 0.25) is 10.0 Å². The molecule has 0 aliphatic carbocycles. The van der Waals surface area contributed by atoms with Crippen LogP contribution < -0.4 is 5.73 Å². The minimum absolute atomic E-state index is 0.0814. The van der Waals surface area contributed by atoms with Crippen molar-refractivity contribution in [1.82, 2.24) is 19.0 Å². The predicted octanol–water partition coefficient (Wildman–Crippen LogP) is -0.363. The third-order valence-electron chi connectivity index (χ3n) is 3.68. The van der Waals surface area contributed by atoms with E-state index in [1.807, 2.05) is 0 Å². The van der Waals surface area contributed by atoms with E-state index in [0.29, 0.717) is 18.8 Å². The average molecular weight is 287 g/mol. The van der Waals surface area contributed by atoms with Crippen molar-refractivity contribution in [3.8, 4) is 0 Å². The number of nitrogens with two attached hydrogens (primary N) is 1. The molecule has 1 aliphatic rings. The molecule has 0 amide bonds. The minimum atomic E-state index is -3.54. The lowest BCUT2D eigenvalue weighted by Crippen LogP contribution is -2.48. The fraction of sp³-hybridized carbons (Fsp3) is 0.727. The molecule has 0 spiro atoms. The zero-order valence-corrected chi connectivity index (χ0v) is 12.4. The topological polar surface area (TPSA) is 84.5 Å². The molecule has 2 rings (SSSR count). The van der Waals surface area contributed by atoms with E-state index in [4.69, 9.17) is 5.73 Å². The molecule has 1 aromatic heterocycles. The molecule has 0 bridgehead atoms. The summed E-state index contributed by atoms with van der Waals surface area (Å²) >= 11 is 0. The third-order valence-corrected chi connectivity index (χ3v) is 5.75. The maximum absolute atomic E-state index is 12.6. The van der Waals surface area contributed by atoms with Crippen LogP contribution in [0.25, 0.3) is 0 Å². The molecule has 1 saturated heterocycles. The Bertz CT molecular complexity index is 558. The summed E-state index contributed by atoms with van der Waals surface area (Å²) in [5, 5.41) is 3.98. The summed E-state index contributed by atoms with van der Waals surface area (Å²) in [6.07, 6.45) is 0. The molecule has 7 nitrogen and oxygen atoms in total. The van der Waals surface area contributed by atoms with Crippen molar-refractivity contribution in [3.63, 3.8) is 0 Å². The van der Waals surface area contributed by atoms with E-state index in [-0.39, 0.29) is 10.7 Å². The van der Waals surface area contributed by atoms with Gasteiger partial charge in [0.05, 0.1) is 5.69 Å². The highest BCUT2D eigenvalue weighted by Crippen LogP contribution is 2.25. The lowest BCUT2D eigenvalue weighted by Gasteiger charge is -2.33. The molecule has 108 valence electrons. The van der Waals surface area contributed by atoms with Gasteiger partial charge in [0, 0.05) is 33.2 Å². The molecule has 0 saturated carbocycles. The Morgan fingerprint density at radius 3 is 2.26 bits per heavy atom. The minimum Gasteiger partial charge on any atom is -0.381 e. The van der Waals surface area contributed by atoms with E-state index in [2.05, 4.69) is 16.9 Å². The molecular weight excluding hydrogens is 266 g/mol. The number of hydrogen-bond donors (Lipinski definition) is 1. The van der Waals surface area contributed by atoms with Crippen LogP contribution in [0.1, 0.15) is 12.6 Å². The van der Waals surface area contributed by atoms with Gasteiger partial charge >= 0.3 is 0 Å². The van der Waals surface area contributed by atoms with Crippen molar-refractivity contribution in [3.05, 3.63) is 5.69 Å². The predicted molar refractivity (Wildman–Crippen MR) is 73.2 cm³/mol. The first kappa shape index (κ1) is 14.3. The van der Waals surface area contributed by atoms with Crippen molar-refractivity contribution in [1.29, 1.82) is 0 Å². The lowest BCUT2D eigenvalue weighted by molar-refractivity contribution is 0.196. The highest BCUT2D eigenvalue weighted by atomic mass is 32.2. The number of nitrogen functional groups attached to an aromatic ring is 1. The standard InChI is InChI=1S/C11H21N5O2S/c1-4-15-5-7-16(8-6-15)19(17,18)10-9(2)14(3)13-11(10)12/h4-8H2,1-3H3,(H2,12,13). The van der Waals surface area contributed by atoms with E-state index >= 15 is 0 Å². The van der Waals surface area contributed by atoms with E-state index in [0.717, 1.165) is 19.6 Å². The molecule has 0 unspecified atom stereocenters. The van der Waals surface area contributed by atoms with Gasteiger partial charge in [-0.25, -0.2) is 8.42 Å². The highest BCUT2D eigenvalue weighted by Gasteiger charge is 2.32. The number of likely N-dealkylation sites (N-methyl/N-ethyl adjacent to an activating group) is 1. The summed E-state index contributed by atoms with van der Waals surface area (Å²) < 4.78 is 28.2. The second-order valence-electron chi connectivity index (χ2n) is 4.76. The molecule has 2 heterocycles. The van der Waals surface area contributed by atoms with Crippen LogP contribution in [0.3, 0.4) is 0 Å². The number of hydrogen-bond acceptors (Lipinski definition) is 5. The van der Waals surface area contributed by atoms with E-state index in [1.165, 1.54) is 8.99 Å². The van der Waals surface area contributed by atoms with E-state index in [9.17, 15) is 8.42 Å². The SMILES string of the molecule is CCN1CCN(S(=O)(=O)c2c(N)nn(C)c2C)CC1. The third kappa shape index (κ3) is 2.47. The van der Waals surface area contributed by atoms with Gasteiger partial charge in [0.25, 0.3) is 0 Å². The molecule has 0 aromatic carbocycles. The van der Waals surface area contributed by atoms with Crippen LogP contribution in [-0.2, 0) is 17.1 Å². The fourth-order valence-corrected chi connectivity index (χ4v) is 4.06. The quantitative estimate of drug-likeness (QED) is 0.820. The molecule has 1 fully saturated rings. The van der Waals surface area contributed by atoms with Crippen molar-refractivity contribution in [2.75, 3.05) is 38.5 Å². The Morgan fingerprint density at radius 2 is 1.84 bits per heavy atom. The van der Waals surface area contributed by atoms with Crippen LogP contribution in [-0.4, -0.2) is 60.1 Å². The maximum atomic E-state index is 12.6. The number of aromatic nitrogens is 2. The van der Waals surface area contributed by atoms with Crippen LogP contribution in [0.5, 0.6) is 0 Å². The first-order chi connectivity index (χ1) is 8.87. The Morgan fingerprint density at radius 1 is 1.26 bits per heavy atom. The zero-order valence-electron chi connectivity index (χ0n) is 11.6. The van der Waals surface area contributed by atoms with Gasteiger partial charge in [0.15, 0.2) is 5.82 Å². The van der Waals surface area contributed by atoms with Crippen molar-refractivity contribution >= 4 is 15.8 Å². The lowest BCUT2D eigenvalue weighted by atomic mass is 10.4. The van der Waals surface area contributed by atoms with Crippen LogP contribution in [0.15, 0.2) is 4.90 Å². The summed E-state index contributed by atoms with van der Waals surface area (Å²) in [7, 11) is -1.84. The van der Waals surface area contributed by atoms with Gasteiger partial charge in [-0.3, -0.25) is 4.68 Å². The van der Waals surface area contributed by atoms with Crippen molar-refractivity contribution < 1.29 is 8.42 Å². The molecule has 1 aliphatic heterocycles. The summed E-state index contributed by atoms with van der Waals surface area (Å²) in [5.74, 6) is 0.0814. The first-order valence-corrected chi connectivity index (χ1v) is 7.83. The summed E-state index contributed by atoms with van der Waals surface area (Å²) in [6, 6.07) is 0. The number of rotatable bonds is 3. The fourth-order valence-electron chi connectivity index (χ4n) is 2.35. The van der Waals surface area contributed by atoms with E-state index < -0.39 is 10.0 Å². The van der Waals surface area contributed by atoms with Crippen molar-refractivity contribution in [2.45, 2.75) is 18.7 Å². The summed E-state index contributed by atoms with van der Waals surface area (Å²) in [4.78, 5) is 2.38. The molecule has 0 atom stereocenters. The highest BCUT2D eigenvalue weighted by molar-refractivity contribution is 7.89. The van der Waals surface area contributed by atoms with Gasteiger partial charge in [-0.2, -0.15) is 9.40 Å². The number of piperazine rings is 1. The summed E-state index contributed by atoms with van der Waals surface area (Å²) in [6.45, 7) is 7.27. The molecular formula is C11H21N5O2S. The van der Waals surface area contributed by atoms with Crippen molar-refractivity contribution in [2.24, 2.45) is 7.05 Å². The van der Waals surface area contributed by atoms with Gasteiger partial charge in [-0.15, -0.1) is 0 Å². The van der Waals surface area contributed by atoms with Crippen LogP contribution >= 0.6 is 0 Å². The average Bonchev–Trinajstić information content (AvgIpc) is 2.63. The Kier molecular flexibility index (Phi) is 3.84. The largest absolute Gasteiger partial charge is 0.381 e. The Hall–Kier alpha value is -1.12. The van der Waals surface area contributed by atoms with E-state index in [1.54, 1.807) is 14.0 Å². The molecule has 19 heavy (non-hydrogen) atoms. The number of aryl methyl sites for hydroxylation is 1. The van der Waals surface area contributed by atoms with Gasteiger partial charge < -0.3 is 10.6 Å². The Labute approximate surface area is 114 Å². The second-order valence-corrected chi connectivity index (χ2v) is 6.64. The number of nitrogens with zero attached hydrogens (tertiary/aromatic N) is 4. The first-order valence-electron chi connectivity index (χ1n) is 6.39. The summed E-state index contributed by atoms with van der Waals surface area (Å²) in [5.41, 5.74) is 6.32. The molecule has 1 aromatic rings. The van der Waals surface area contributed by atoms with Gasteiger partial charge in [-0.1, -0.05) is 6.92 Å². The molecule has 2 N–H and O–H groups in total. The molecule has 0 radical (unpaired) electrons. The normalized spacial score (nSPS) is 18.9. The molecule has 8 heteroatoms. The second kappa shape index (κ2) is 5.10. The Balaban J connectivity index is 2.28. The van der Waals surface area contributed by atoms with Crippen LogP contribution in [0.4, 0.5) is 5.82 Å². The monoisotopic (exact) mass is 287 g/mol. The van der Waals surface area contributed by atoms with Gasteiger partial charge in [0.1, 0.15) is 4.90 Å². The van der Waals surface area contributed by atoms with Crippen LogP contribution in [0.2, 0.25) is 0 Å². The number of anilines is 1. The van der Waals surface area contributed by atoms with Crippen LogP contribution in [0, 0.1) is 6.92 Å². The zero-order chi connectivity index (χ0) is 14.2.